The van der Waals surface area contributed by atoms with Crippen molar-refractivity contribution in [3.8, 4) is 6.07 Å². The molecule has 0 aliphatic carbocycles. The van der Waals surface area contributed by atoms with Crippen molar-refractivity contribution in [3.05, 3.63) is 59.4 Å². The number of nitriles is 1. The number of hydrogen-bond donors (Lipinski definition) is 0. The third-order valence-electron chi connectivity index (χ3n) is 2.55. The highest BCUT2D eigenvalue weighted by Crippen LogP contribution is 2.23. The third kappa shape index (κ3) is 2.28. The average molecular weight is 227 g/mol. The van der Waals surface area contributed by atoms with E-state index in [2.05, 4.69) is 16.0 Å². The van der Waals surface area contributed by atoms with Crippen molar-refractivity contribution >= 4 is 0 Å². The van der Waals surface area contributed by atoms with Gasteiger partial charge in [0.1, 0.15) is 18.1 Å². The van der Waals surface area contributed by atoms with E-state index in [-0.39, 0.29) is 5.82 Å². The van der Waals surface area contributed by atoms with Gasteiger partial charge in [-0.15, -0.1) is 0 Å². The number of benzene rings is 1. The molecule has 0 aliphatic rings. The van der Waals surface area contributed by atoms with Gasteiger partial charge < -0.3 is 0 Å². The summed E-state index contributed by atoms with van der Waals surface area (Å²) in [5.41, 5.74) is 1.88. The SMILES string of the molecule is Cc1cc(C(C#N)c2ccncn2)ccc1F. The standard InChI is InChI=1S/C13H10FN3/c1-9-6-10(2-3-12(9)14)11(7-15)13-4-5-16-8-17-13/h2-6,8,11H,1H3. The molecular formula is C13H10FN3. The molecule has 3 nitrogen and oxygen atoms in total. The molecule has 1 aromatic heterocycles. The highest BCUT2D eigenvalue weighted by atomic mass is 19.1. The summed E-state index contributed by atoms with van der Waals surface area (Å²) >= 11 is 0. The van der Waals surface area contributed by atoms with Gasteiger partial charge in [0, 0.05) is 6.20 Å². The molecule has 0 saturated heterocycles. The minimum Gasteiger partial charge on any atom is -0.245 e. The molecule has 1 atom stereocenters. The highest BCUT2D eigenvalue weighted by molar-refractivity contribution is 5.36. The minimum atomic E-state index is -0.489. The van der Waals surface area contributed by atoms with Crippen molar-refractivity contribution in [2.24, 2.45) is 0 Å². The Bertz CT molecular complexity index is 561. The van der Waals surface area contributed by atoms with E-state index in [1.807, 2.05) is 0 Å². The van der Waals surface area contributed by atoms with Crippen LogP contribution in [0.25, 0.3) is 0 Å². The summed E-state index contributed by atoms with van der Waals surface area (Å²) in [6, 6.07) is 8.51. The summed E-state index contributed by atoms with van der Waals surface area (Å²) in [4.78, 5) is 7.86. The summed E-state index contributed by atoms with van der Waals surface area (Å²) in [6.45, 7) is 1.67. The van der Waals surface area contributed by atoms with Gasteiger partial charge >= 0.3 is 0 Å². The Morgan fingerprint density at radius 1 is 1.35 bits per heavy atom. The summed E-state index contributed by atoms with van der Waals surface area (Å²) in [7, 11) is 0. The Kier molecular flexibility index (Phi) is 3.10. The fraction of sp³-hybridized carbons (Fsp3) is 0.154. The third-order valence-corrected chi connectivity index (χ3v) is 2.55. The quantitative estimate of drug-likeness (QED) is 0.792. The summed E-state index contributed by atoms with van der Waals surface area (Å²) < 4.78 is 13.2. The van der Waals surface area contributed by atoms with Gasteiger partial charge in [-0.05, 0) is 30.2 Å². The van der Waals surface area contributed by atoms with E-state index in [1.54, 1.807) is 31.3 Å². The van der Waals surface area contributed by atoms with Crippen molar-refractivity contribution in [1.82, 2.24) is 9.97 Å². The maximum absolute atomic E-state index is 13.2. The second-order valence-corrected chi connectivity index (χ2v) is 3.70. The van der Waals surface area contributed by atoms with E-state index in [0.29, 0.717) is 11.3 Å². The van der Waals surface area contributed by atoms with Crippen molar-refractivity contribution in [2.75, 3.05) is 0 Å². The molecule has 0 spiro atoms. The van der Waals surface area contributed by atoms with Crippen molar-refractivity contribution < 1.29 is 4.39 Å². The number of aromatic nitrogens is 2. The van der Waals surface area contributed by atoms with Crippen molar-refractivity contribution in [2.45, 2.75) is 12.8 Å². The lowest BCUT2D eigenvalue weighted by Crippen LogP contribution is -2.02. The Hall–Kier alpha value is -2.28. The summed E-state index contributed by atoms with van der Waals surface area (Å²) in [5.74, 6) is -0.759. The van der Waals surface area contributed by atoms with Crippen LogP contribution < -0.4 is 0 Å². The van der Waals surface area contributed by atoms with Gasteiger partial charge in [-0.25, -0.2) is 14.4 Å². The molecule has 4 heteroatoms. The second-order valence-electron chi connectivity index (χ2n) is 3.70. The Labute approximate surface area is 98.6 Å². The zero-order valence-electron chi connectivity index (χ0n) is 9.26. The first-order valence-electron chi connectivity index (χ1n) is 5.14. The number of aryl methyl sites for hydroxylation is 1. The van der Waals surface area contributed by atoms with Gasteiger partial charge in [-0.1, -0.05) is 12.1 Å². The fourth-order valence-electron chi connectivity index (χ4n) is 1.63. The molecular weight excluding hydrogens is 217 g/mol. The minimum absolute atomic E-state index is 0.270. The van der Waals surface area contributed by atoms with Crippen LogP contribution in [-0.4, -0.2) is 9.97 Å². The average Bonchev–Trinajstić information content (AvgIpc) is 2.36. The lowest BCUT2D eigenvalue weighted by atomic mass is 9.95. The molecule has 2 aromatic rings. The van der Waals surface area contributed by atoms with Gasteiger partial charge in [0.25, 0.3) is 0 Å². The predicted octanol–water partition coefficient (Wildman–Crippen LogP) is 2.58. The molecule has 0 amide bonds. The van der Waals surface area contributed by atoms with Crippen LogP contribution in [0.15, 0.2) is 36.8 Å². The zero-order valence-corrected chi connectivity index (χ0v) is 9.26. The van der Waals surface area contributed by atoms with E-state index in [9.17, 15) is 9.65 Å². The first kappa shape index (κ1) is 11.2. The van der Waals surface area contributed by atoms with Crippen LogP contribution in [0.4, 0.5) is 4.39 Å². The molecule has 0 saturated carbocycles. The van der Waals surface area contributed by atoms with E-state index in [4.69, 9.17) is 0 Å². The van der Waals surface area contributed by atoms with E-state index >= 15 is 0 Å². The Morgan fingerprint density at radius 2 is 2.18 bits per heavy atom. The maximum atomic E-state index is 13.2. The predicted molar refractivity (Wildman–Crippen MR) is 60.6 cm³/mol. The van der Waals surface area contributed by atoms with Crippen LogP contribution in [0.3, 0.4) is 0 Å². The van der Waals surface area contributed by atoms with E-state index in [1.165, 1.54) is 12.4 Å². The summed E-state index contributed by atoms with van der Waals surface area (Å²) in [6.07, 6.45) is 2.99. The van der Waals surface area contributed by atoms with E-state index in [0.717, 1.165) is 5.56 Å². The van der Waals surface area contributed by atoms with Gasteiger partial charge in [0.05, 0.1) is 11.8 Å². The normalized spacial score (nSPS) is 11.8. The Balaban J connectivity index is 2.44. The molecule has 1 aromatic carbocycles. The van der Waals surface area contributed by atoms with E-state index < -0.39 is 5.92 Å². The number of halogens is 1. The fourth-order valence-corrected chi connectivity index (χ4v) is 1.63. The molecule has 84 valence electrons. The molecule has 1 unspecified atom stereocenters. The topological polar surface area (TPSA) is 49.6 Å². The molecule has 17 heavy (non-hydrogen) atoms. The van der Waals surface area contributed by atoms with Crippen LogP contribution in [0.2, 0.25) is 0 Å². The van der Waals surface area contributed by atoms with Crippen LogP contribution in [0.1, 0.15) is 22.7 Å². The van der Waals surface area contributed by atoms with Crippen molar-refractivity contribution in [3.63, 3.8) is 0 Å². The molecule has 0 bridgehead atoms. The molecule has 0 aliphatic heterocycles. The molecule has 0 fully saturated rings. The first-order chi connectivity index (χ1) is 8.22. The summed E-state index contributed by atoms with van der Waals surface area (Å²) in [5, 5.41) is 9.19. The van der Waals surface area contributed by atoms with Crippen LogP contribution in [0, 0.1) is 24.1 Å². The number of nitrogens with zero attached hydrogens (tertiary/aromatic N) is 3. The van der Waals surface area contributed by atoms with Gasteiger partial charge in [-0.2, -0.15) is 5.26 Å². The second kappa shape index (κ2) is 4.71. The maximum Gasteiger partial charge on any atom is 0.126 e. The molecule has 0 radical (unpaired) electrons. The first-order valence-corrected chi connectivity index (χ1v) is 5.14. The van der Waals surface area contributed by atoms with Crippen LogP contribution in [0.5, 0.6) is 0 Å². The Morgan fingerprint density at radius 3 is 2.76 bits per heavy atom. The highest BCUT2D eigenvalue weighted by Gasteiger charge is 2.15. The molecule has 2 rings (SSSR count). The molecule has 0 N–H and O–H groups in total. The number of rotatable bonds is 2. The van der Waals surface area contributed by atoms with Gasteiger partial charge in [0.15, 0.2) is 0 Å². The van der Waals surface area contributed by atoms with Crippen LogP contribution in [-0.2, 0) is 0 Å². The smallest absolute Gasteiger partial charge is 0.126 e. The van der Waals surface area contributed by atoms with Crippen LogP contribution >= 0.6 is 0 Å². The van der Waals surface area contributed by atoms with Gasteiger partial charge in [0.2, 0.25) is 0 Å². The lowest BCUT2D eigenvalue weighted by molar-refractivity contribution is 0.617. The molecule has 1 heterocycles. The zero-order chi connectivity index (χ0) is 12.3. The monoisotopic (exact) mass is 227 g/mol. The largest absolute Gasteiger partial charge is 0.245 e. The van der Waals surface area contributed by atoms with Gasteiger partial charge in [-0.3, -0.25) is 0 Å². The number of hydrogen-bond acceptors (Lipinski definition) is 3. The van der Waals surface area contributed by atoms with Crippen molar-refractivity contribution in [1.29, 1.82) is 5.26 Å². The lowest BCUT2D eigenvalue weighted by Gasteiger charge is -2.09.